The number of alkyl halides is 3. The molecule has 0 spiro atoms. The lowest BCUT2D eigenvalue weighted by atomic mass is 10.1. The molecule has 8 heteroatoms. The first-order valence-electron chi connectivity index (χ1n) is 5.44. The van der Waals surface area contributed by atoms with E-state index >= 15 is 0 Å². The van der Waals surface area contributed by atoms with E-state index in [2.05, 4.69) is 0 Å². The molecule has 1 aromatic rings. The average Bonchev–Trinajstić information content (AvgIpc) is 2.24. The van der Waals surface area contributed by atoms with Gasteiger partial charge in [-0.2, -0.15) is 13.2 Å². The highest BCUT2D eigenvalue weighted by atomic mass is 35.5. The van der Waals surface area contributed by atoms with Crippen molar-refractivity contribution in [1.82, 2.24) is 4.90 Å². The number of carbonyl (C=O) groups is 2. The Balaban J connectivity index is 3.06. The number of hydrogen-bond acceptors (Lipinski definition) is 2. The van der Waals surface area contributed by atoms with Crippen LogP contribution in [0.4, 0.5) is 13.2 Å². The van der Waals surface area contributed by atoms with Crippen LogP contribution in [0.2, 0.25) is 5.02 Å². The van der Waals surface area contributed by atoms with Gasteiger partial charge < -0.3 is 10.0 Å². The van der Waals surface area contributed by atoms with Crippen molar-refractivity contribution in [3.63, 3.8) is 0 Å². The van der Waals surface area contributed by atoms with Gasteiger partial charge in [0.05, 0.1) is 10.6 Å². The molecule has 0 fully saturated rings. The number of carboxylic acids is 1. The van der Waals surface area contributed by atoms with Crippen molar-refractivity contribution >= 4 is 23.5 Å². The van der Waals surface area contributed by atoms with Crippen molar-refractivity contribution in [2.24, 2.45) is 0 Å². The standard InChI is InChI=1S/C12H11ClF3NO3/c1-7-2-3-8(9(13)4-7)11(20)17(5-10(18)19)6-12(14,15)16/h2-4H,5-6H2,1H3,(H,18,19). The maximum Gasteiger partial charge on any atom is 0.406 e. The molecule has 1 N–H and O–H groups in total. The van der Waals surface area contributed by atoms with Crippen LogP contribution in [-0.4, -0.2) is 41.1 Å². The fourth-order valence-corrected chi connectivity index (χ4v) is 1.86. The SMILES string of the molecule is Cc1ccc(C(=O)N(CC(=O)O)CC(F)(F)F)c(Cl)c1. The Bertz CT molecular complexity index is 531. The molecule has 0 radical (unpaired) electrons. The van der Waals surface area contributed by atoms with Gasteiger partial charge in [0.2, 0.25) is 0 Å². The molecular weight excluding hydrogens is 299 g/mol. The normalized spacial score (nSPS) is 11.2. The maximum absolute atomic E-state index is 12.4. The Morgan fingerprint density at radius 3 is 2.40 bits per heavy atom. The topological polar surface area (TPSA) is 57.6 Å². The number of amides is 1. The van der Waals surface area contributed by atoms with Gasteiger partial charge in [-0.1, -0.05) is 17.7 Å². The summed E-state index contributed by atoms with van der Waals surface area (Å²) in [4.78, 5) is 22.7. The van der Waals surface area contributed by atoms with E-state index in [1.807, 2.05) is 0 Å². The number of rotatable bonds is 4. The van der Waals surface area contributed by atoms with E-state index in [1.165, 1.54) is 18.2 Å². The minimum absolute atomic E-state index is 0.0208. The molecule has 0 heterocycles. The van der Waals surface area contributed by atoms with Crippen molar-refractivity contribution in [1.29, 1.82) is 0 Å². The van der Waals surface area contributed by atoms with Gasteiger partial charge in [0.25, 0.3) is 5.91 Å². The highest BCUT2D eigenvalue weighted by Crippen LogP contribution is 2.22. The molecule has 4 nitrogen and oxygen atoms in total. The fraction of sp³-hybridized carbons (Fsp3) is 0.333. The molecular formula is C12H11ClF3NO3. The third-order valence-electron chi connectivity index (χ3n) is 2.34. The quantitative estimate of drug-likeness (QED) is 0.930. The average molecular weight is 310 g/mol. The zero-order valence-electron chi connectivity index (χ0n) is 10.4. The van der Waals surface area contributed by atoms with Crippen LogP contribution >= 0.6 is 11.6 Å². The number of carboxylic acid groups (broad SMARTS) is 1. The smallest absolute Gasteiger partial charge is 0.406 e. The van der Waals surface area contributed by atoms with Gasteiger partial charge in [-0.15, -0.1) is 0 Å². The lowest BCUT2D eigenvalue weighted by Gasteiger charge is -2.22. The molecule has 0 aliphatic heterocycles. The lowest BCUT2D eigenvalue weighted by Crippen LogP contribution is -2.42. The van der Waals surface area contributed by atoms with Crippen molar-refractivity contribution < 1.29 is 27.9 Å². The Hall–Kier alpha value is -1.76. The van der Waals surface area contributed by atoms with Crippen LogP contribution in [-0.2, 0) is 4.79 Å². The zero-order valence-corrected chi connectivity index (χ0v) is 11.1. The Morgan fingerprint density at radius 1 is 1.35 bits per heavy atom. The van der Waals surface area contributed by atoms with Crippen LogP contribution < -0.4 is 0 Å². The number of nitrogens with zero attached hydrogens (tertiary/aromatic N) is 1. The first-order valence-corrected chi connectivity index (χ1v) is 5.82. The van der Waals surface area contributed by atoms with Crippen molar-refractivity contribution in [2.75, 3.05) is 13.1 Å². The molecule has 0 saturated heterocycles. The summed E-state index contributed by atoms with van der Waals surface area (Å²) >= 11 is 5.80. The molecule has 1 amide bonds. The third kappa shape index (κ3) is 4.73. The summed E-state index contributed by atoms with van der Waals surface area (Å²) in [6, 6.07) is 4.19. The number of carbonyl (C=O) groups excluding carboxylic acids is 1. The van der Waals surface area contributed by atoms with Crippen LogP contribution in [0, 0.1) is 6.92 Å². The van der Waals surface area contributed by atoms with E-state index in [1.54, 1.807) is 6.92 Å². The highest BCUT2D eigenvalue weighted by molar-refractivity contribution is 6.33. The van der Waals surface area contributed by atoms with Crippen LogP contribution in [0.3, 0.4) is 0 Å². The molecule has 0 aromatic heterocycles. The van der Waals surface area contributed by atoms with Gasteiger partial charge in [0.1, 0.15) is 13.1 Å². The number of hydrogen-bond donors (Lipinski definition) is 1. The molecule has 1 rings (SSSR count). The number of benzene rings is 1. The summed E-state index contributed by atoms with van der Waals surface area (Å²) < 4.78 is 37.1. The van der Waals surface area contributed by atoms with Crippen molar-refractivity contribution in [3.05, 3.63) is 34.3 Å². The second kappa shape index (κ2) is 6.13. The van der Waals surface area contributed by atoms with E-state index < -0.39 is 31.1 Å². The zero-order chi connectivity index (χ0) is 15.5. The van der Waals surface area contributed by atoms with E-state index in [0.717, 1.165) is 5.56 Å². The first-order chi connectivity index (χ1) is 9.10. The van der Waals surface area contributed by atoms with Crippen LogP contribution in [0.1, 0.15) is 15.9 Å². The summed E-state index contributed by atoms with van der Waals surface area (Å²) in [7, 11) is 0. The minimum Gasteiger partial charge on any atom is -0.480 e. The van der Waals surface area contributed by atoms with E-state index in [4.69, 9.17) is 16.7 Å². The summed E-state index contributed by atoms with van der Waals surface area (Å²) in [6.45, 7) is -1.00. The largest absolute Gasteiger partial charge is 0.480 e. The van der Waals surface area contributed by atoms with Crippen molar-refractivity contribution in [3.8, 4) is 0 Å². The molecule has 20 heavy (non-hydrogen) atoms. The second-order valence-corrected chi connectivity index (χ2v) is 4.56. The highest BCUT2D eigenvalue weighted by Gasteiger charge is 2.34. The Kier molecular flexibility index (Phi) is 4.99. The van der Waals surface area contributed by atoms with Gasteiger partial charge in [0, 0.05) is 0 Å². The van der Waals surface area contributed by atoms with Gasteiger partial charge in [0.15, 0.2) is 0 Å². The Morgan fingerprint density at radius 2 is 1.95 bits per heavy atom. The fourth-order valence-electron chi connectivity index (χ4n) is 1.54. The van der Waals surface area contributed by atoms with E-state index in [0.29, 0.717) is 0 Å². The van der Waals surface area contributed by atoms with Crippen LogP contribution in [0.15, 0.2) is 18.2 Å². The minimum atomic E-state index is -4.69. The Labute approximate surface area is 117 Å². The van der Waals surface area contributed by atoms with Gasteiger partial charge in [-0.05, 0) is 24.6 Å². The first kappa shape index (κ1) is 16.3. The molecule has 0 unspecified atom stereocenters. The predicted molar refractivity (Wildman–Crippen MR) is 65.8 cm³/mol. The summed E-state index contributed by atoms with van der Waals surface area (Å²) in [5, 5.41) is 8.57. The molecule has 110 valence electrons. The number of aryl methyl sites for hydroxylation is 1. The predicted octanol–water partition coefficient (Wildman–Crippen LogP) is 2.74. The van der Waals surface area contributed by atoms with E-state index in [9.17, 15) is 22.8 Å². The van der Waals surface area contributed by atoms with Gasteiger partial charge in [-0.3, -0.25) is 9.59 Å². The second-order valence-electron chi connectivity index (χ2n) is 4.15. The number of halogens is 4. The van der Waals surface area contributed by atoms with Gasteiger partial charge >= 0.3 is 12.1 Å². The number of aliphatic carboxylic acids is 1. The summed E-state index contributed by atoms with van der Waals surface area (Å²) in [5.41, 5.74) is 0.565. The molecule has 0 aliphatic carbocycles. The van der Waals surface area contributed by atoms with E-state index in [-0.39, 0.29) is 15.5 Å². The van der Waals surface area contributed by atoms with Crippen LogP contribution in [0.5, 0.6) is 0 Å². The maximum atomic E-state index is 12.4. The van der Waals surface area contributed by atoms with Crippen molar-refractivity contribution in [2.45, 2.75) is 13.1 Å². The monoisotopic (exact) mass is 309 g/mol. The van der Waals surface area contributed by atoms with Gasteiger partial charge in [-0.25, -0.2) is 0 Å². The van der Waals surface area contributed by atoms with Crippen LogP contribution in [0.25, 0.3) is 0 Å². The molecule has 0 saturated carbocycles. The molecule has 0 bridgehead atoms. The summed E-state index contributed by atoms with van der Waals surface area (Å²) in [6.07, 6.45) is -4.69. The lowest BCUT2D eigenvalue weighted by molar-refractivity contribution is -0.149. The third-order valence-corrected chi connectivity index (χ3v) is 2.65. The molecule has 0 aliphatic rings. The summed E-state index contributed by atoms with van der Waals surface area (Å²) in [5.74, 6) is -2.61. The molecule has 0 atom stereocenters. The molecule has 1 aromatic carbocycles.